The number of benzene rings is 4. The van der Waals surface area contributed by atoms with Gasteiger partial charge < -0.3 is 0 Å². The lowest BCUT2D eigenvalue weighted by Crippen LogP contribution is -2.05. The topological polar surface area (TPSA) is 0 Å². The molecule has 0 spiro atoms. The summed E-state index contributed by atoms with van der Waals surface area (Å²) < 4.78 is 0. The summed E-state index contributed by atoms with van der Waals surface area (Å²) in [5, 5.41) is 0. The summed E-state index contributed by atoms with van der Waals surface area (Å²) in [6.07, 6.45) is 2.28. The van der Waals surface area contributed by atoms with Crippen LogP contribution in [0.1, 0.15) is 36.8 Å². The molecule has 0 radical (unpaired) electrons. The van der Waals surface area contributed by atoms with Gasteiger partial charge >= 0.3 is 0 Å². The second-order valence-corrected chi connectivity index (χ2v) is 7.25. The Balaban J connectivity index is 1.88. The molecule has 4 aromatic rings. The summed E-state index contributed by atoms with van der Waals surface area (Å²) in [6, 6.07) is 39.3. The first-order valence-corrected chi connectivity index (χ1v) is 10.2. The van der Waals surface area contributed by atoms with Crippen molar-refractivity contribution in [2.75, 3.05) is 0 Å². The lowest BCUT2D eigenvalue weighted by atomic mass is 9.80. The van der Waals surface area contributed by atoms with Gasteiger partial charge in [-0.15, -0.1) is 0 Å². The Labute approximate surface area is 168 Å². The molecular formula is C28H26. The van der Waals surface area contributed by atoms with Crippen LogP contribution in [0.25, 0.3) is 22.3 Å². The van der Waals surface area contributed by atoms with Crippen LogP contribution in [0, 0.1) is 0 Å². The van der Waals surface area contributed by atoms with E-state index in [-0.39, 0.29) is 0 Å². The minimum atomic E-state index is 0.373. The molecule has 4 rings (SSSR count). The van der Waals surface area contributed by atoms with E-state index in [1.54, 1.807) is 0 Å². The summed E-state index contributed by atoms with van der Waals surface area (Å²) in [5.41, 5.74) is 8.08. The summed E-state index contributed by atoms with van der Waals surface area (Å²) in [6.45, 7) is 2.28. The number of rotatable bonds is 6. The Morgan fingerprint density at radius 2 is 0.893 bits per heavy atom. The van der Waals surface area contributed by atoms with Gasteiger partial charge in [-0.3, -0.25) is 0 Å². The van der Waals surface area contributed by atoms with Gasteiger partial charge in [0.25, 0.3) is 0 Å². The normalized spacial score (nSPS) is 10.9. The molecule has 28 heavy (non-hydrogen) atoms. The maximum atomic E-state index is 2.31. The number of hydrogen-bond acceptors (Lipinski definition) is 0. The molecule has 0 amide bonds. The largest absolute Gasteiger partial charge is 0.0653 e. The molecule has 0 atom stereocenters. The Morgan fingerprint density at radius 3 is 1.32 bits per heavy atom. The second kappa shape index (κ2) is 8.71. The first-order chi connectivity index (χ1) is 13.9. The summed E-state index contributed by atoms with van der Waals surface area (Å²) >= 11 is 0. The van der Waals surface area contributed by atoms with E-state index in [0.717, 1.165) is 12.8 Å². The zero-order valence-electron chi connectivity index (χ0n) is 16.4. The van der Waals surface area contributed by atoms with Gasteiger partial charge in [0.2, 0.25) is 0 Å². The molecule has 0 unspecified atom stereocenters. The monoisotopic (exact) mass is 362 g/mol. The highest BCUT2D eigenvalue weighted by Gasteiger charge is 2.20. The SMILES string of the molecule is CCCC(c1ccccc1-c1ccccc1)c1ccccc1-c1ccccc1. The van der Waals surface area contributed by atoms with Crippen LogP contribution in [0.3, 0.4) is 0 Å². The third-order valence-corrected chi connectivity index (χ3v) is 5.42. The van der Waals surface area contributed by atoms with Crippen molar-refractivity contribution in [2.24, 2.45) is 0 Å². The molecule has 0 aliphatic carbocycles. The highest BCUT2D eigenvalue weighted by molar-refractivity contribution is 5.73. The first-order valence-electron chi connectivity index (χ1n) is 10.2. The predicted molar refractivity (Wildman–Crippen MR) is 121 cm³/mol. The van der Waals surface area contributed by atoms with Crippen molar-refractivity contribution < 1.29 is 0 Å². The van der Waals surface area contributed by atoms with E-state index in [0.29, 0.717) is 5.92 Å². The number of hydrogen-bond donors (Lipinski definition) is 0. The van der Waals surface area contributed by atoms with Crippen LogP contribution in [0.15, 0.2) is 109 Å². The highest BCUT2D eigenvalue weighted by Crippen LogP contribution is 2.40. The zero-order valence-corrected chi connectivity index (χ0v) is 16.4. The maximum absolute atomic E-state index is 2.31. The van der Waals surface area contributed by atoms with Gasteiger partial charge in [0, 0.05) is 5.92 Å². The average molecular weight is 363 g/mol. The van der Waals surface area contributed by atoms with Gasteiger partial charge in [0.05, 0.1) is 0 Å². The second-order valence-electron chi connectivity index (χ2n) is 7.25. The van der Waals surface area contributed by atoms with Crippen molar-refractivity contribution in [3.05, 3.63) is 120 Å². The Bertz CT molecular complexity index is 933. The molecule has 138 valence electrons. The maximum Gasteiger partial charge on any atom is 0.0101 e. The molecule has 4 aromatic carbocycles. The van der Waals surface area contributed by atoms with E-state index in [4.69, 9.17) is 0 Å². The van der Waals surface area contributed by atoms with E-state index in [2.05, 4.69) is 116 Å². The third kappa shape index (κ3) is 3.77. The standard InChI is InChI=1S/C28H26/c1-2-13-26(27-20-11-9-18-24(27)22-14-5-3-6-15-22)28-21-12-10-19-25(28)23-16-7-4-8-17-23/h3-12,14-21,26H,2,13H2,1H3. The highest BCUT2D eigenvalue weighted by atomic mass is 14.2. The molecule has 0 aromatic heterocycles. The van der Waals surface area contributed by atoms with Gasteiger partial charge in [-0.1, -0.05) is 123 Å². The van der Waals surface area contributed by atoms with Crippen molar-refractivity contribution >= 4 is 0 Å². The van der Waals surface area contributed by atoms with Crippen molar-refractivity contribution in [3.63, 3.8) is 0 Å². The van der Waals surface area contributed by atoms with Crippen molar-refractivity contribution in [2.45, 2.75) is 25.7 Å². The fourth-order valence-corrected chi connectivity index (χ4v) is 4.13. The van der Waals surface area contributed by atoms with E-state index in [9.17, 15) is 0 Å². The molecule has 0 fully saturated rings. The van der Waals surface area contributed by atoms with Gasteiger partial charge in [0.1, 0.15) is 0 Å². The lowest BCUT2D eigenvalue weighted by Gasteiger charge is -2.24. The predicted octanol–water partition coefficient (Wildman–Crippen LogP) is 7.95. The van der Waals surface area contributed by atoms with Crippen LogP contribution in [0.2, 0.25) is 0 Å². The molecule has 0 aliphatic heterocycles. The summed E-state index contributed by atoms with van der Waals surface area (Å²) in [5.74, 6) is 0.373. The van der Waals surface area contributed by atoms with E-state index in [1.807, 2.05) is 0 Å². The van der Waals surface area contributed by atoms with Crippen LogP contribution in [0.4, 0.5) is 0 Å². The lowest BCUT2D eigenvalue weighted by molar-refractivity contribution is 0.701. The van der Waals surface area contributed by atoms with Gasteiger partial charge in [-0.25, -0.2) is 0 Å². The Hall–Kier alpha value is -3.12. The fraction of sp³-hybridized carbons (Fsp3) is 0.143. The quantitative estimate of drug-likeness (QED) is 0.326. The molecule has 0 heterocycles. The molecule has 0 heteroatoms. The van der Waals surface area contributed by atoms with E-state index < -0.39 is 0 Å². The fourth-order valence-electron chi connectivity index (χ4n) is 4.13. The van der Waals surface area contributed by atoms with Crippen LogP contribution in [-0.4, -0.2) is 0 Å². The molecule has 0 aliphatic rings. The molecule has 0 N–H and O–H groups in total. The van der Waals surface area contributed by atoms with Gasteiger partial charge in [0.15, 0.2) is 0 Å². The summed E-state index contributed by atoms with van der Waals surface area (Å²) in [4.78, 5) is 0. The van der Waals surface area contributed by atoms with Crippen molar-refractivity contribution in [1.29, 1.82) is 0 Å². The molecule has 0 nitrogen and oxygen atoms in total. The minimum absolute atomic E-state index is 0.373. The first kappa shape index (κ1) is 18.3. The molecule has 0 bridgehead atoms. The smallest absolute Gasteiger partial charge is 0.0101 e. The zero-order chi connectivity index (χ0) is 19.2. The van der Waals surface area contributed by atoms with Crippen LogP contribution < -0.4 is 0 Å². The summed E-state index contributed by atoms with van der Waals surface area (Å²) in [7, 11) is 0. The van der Waals surface area contributed by atoms with E-state index >= 15 is 0 Å². The van der Waals surface area contributed by atoms with Crippen molar-refractivity contribution in [1.82, 2.24) is 0 Å². The Morgan fingerprint density at radius 1 is 0.500 bits per heavy atom. The van der Waals surface area contributed by atoms with Gasteiger partial charge in [-0.2, -0.15) is 0 Å². The van der Waals surface area contributed by atoms with Crippen LogP contribution >= 0.6 is 0 Å². The van der Waals surface area contributed by atoms with E-state index in [1.165, 1.54) is 33.4 Å². The molecule has 0 saturated heterocycles. The molecule has 0 saturated carbocycles. The van der Waals surface area contributed by atoms with Crippen LogP contribution in [-0.2, 0) is 0 Å². The van der Waals surface area contributed by atoms with Gasteiger partial charge in [-0.05, 0) is 39.8 Å². The van der Waals surface area contributed by atoms with Crippen LogP contribution in [0.5, 0.6) is 0 Å². The average Bonchev–Trinajstić information content (AvgIpc) is 2.79. The third-order valence-electron chi connectivity index (χ3n) is 5.42. The van der Waals surface area contributed by atoms with Crippen molar-refractivity contribution in [3.8, 4) is 22.3 Å². The molecular weight excluding hydrogens is 336 g/mol. The minimum Gasteiger partial charge on any atom is -0.0653 e. The Kier molecular flexibility index (Phi) is 5.68.